The fourth-order valence-electron chi connectivity index (χ4n) is 2.67. The summed E-state index contributed by atoms with van der Waals surface area (Å²) in [6.45, 7) is 2.94. The van der Waals surface area contributed by atoms with Crippen LogP contribution in [0.15, 0.2) is 54.6 Å². The van der Waals surface area contributed by atoms with Crippen LogP contribution < -0.4 is 20.1 Å². The average molecular weight is 374 g/mol. The van der Waals surface area contributed by atoms with Crippen molar-refractivity contribution in [2.75, 3.05) is 47.0 Å². The van der Waals surface area contributed by atoms with Gasteiger partial charge in [0.15, 0.2) is 11.5 Å². The third kappa shape index (κ3) is 7.56. The minimum absolute atomic E-state index is 0.0334. The highest BCUT2D eigenvalue weighted by Gasteiger charge is 2.10. The molecule has 0 aromatic heterocycles. The lowest BCUT2D eigenvalue weighted by molar-refractivity contribution is 0.100. The number of hydrogen-bond donors (Lipinski definition) is 3. The van der Waals surface area contributed by atoms with Gasteiger partial charge < -0.3 is 30.0 Å². The molecule has 0 aliphatic rings. The van der Waals surface area contributed by atoms with E-state index in [4.69, 9.17) is 14.2 Å². The van der Waals surface area contributed by atoms with Crippen molar-refractivity contribution >= 4 is 0 Å². The highest BCUT2D eigenvalue weighted by molar-refractivity contribution is 5.39. The van der Waals surface area contributed by atoms with E-state index in [2.05, 4.69) is 22.8 Å². The molecule has 148 valence electrons. The number of ether oxygens (including phenoxy) is 3. The van der Waals surface area contributed by atoms with E-state index in [9.17, 15) is 5.11 Å². The molecular weight excluding hydrogens is 344 g/mol. The maximum atomic E-state index is 10.0. The highest BCUT2D eigenvalue weighted by Crippen LogP contribution is 2.25. The summed E-state index contributed by atoms with van der Waals surface area (Å²) in [5, 5.41) is 16.6. The molecule has 0 fully saturated rings. The van der Waals surface area contributed by atoms with E-state index < -0.39 is 6.10 Å². The van der Waals surface area contributed by atoms with Crippen molar-refractivity contribution in [1.82, 2.24) is 10.6 Å². The van der Waals surface area contributed by atoms with Gasteiger partial charge in [0.1, 0.15) is 12.7 Å². The van der Waals surface area contributed by atoms with Crippen LogP contribution in [0.25, 0.3) is 0 Å². The SMILES string of the molecule is COc1ccccc1OCC(O)CNCCNCC(OC)c1ccccc1. The number of nitrogens with one attached hydrogen (secondary N) is 2. The molecule has 0 saturated carbocycles. The van der Waals surface area contributed by atoms with Crippen LogP contribution in [0.1, 0.15) is 11.7 Å². The van der Waals surface area contributed by atoms with Gasteiger partial charge in [0.25, 0.3) is 0 Å². The van der Waals surface area contributed by atoms with Crippen LogP contribution in [0.4, 0.5) is 0 Å². The van der Waals surface area contributed by atoms with Gasteiger partial charge in [0.05, 0.1) is 13.2 Å². The van der Waals surface area contributed by atoms with Gasteiger partial charge in [-0.1, -0.05) is 42.5 Å². The zero-order valence-corrected chi connectivity index (χ0v) is 16.1. The second-order valence-corrected chi connectivity index (χ2v) is 6.16. The van der Waals surface area contributed by atoms with Gasteiger partial charge in [-0.3, -0.25) is 0 Å². The summed E-state index contributed by atoms with van der Waals surface area (Å²) in [5.74, 6) is 1.29. The quantitative estimate of drug-likeness (QED) is 0.466. The second kappa shape index (κ2) is 12.3. The Morgan fingerprint density at radius 1 is 0.852 bits per heavy atom. The summed E-state index contributed by atoms with van der Waals surface area (Å²) in [5.41, 5.74) is 1.16. The number of rotatable bonds is 13. The van der Waals surface area contributed by atoms with Crippen molar-refractivity contribution in [3.63, 3.8) is 0 Å². The van der Waals surface area contributed by atoms with E-state index in [-0.39, 0.29) is 12.7 Å². The topological polar surface area (TPSA) is 72.0 Å². The molecule has 0 saturated heterocycles. The molecule has 0 radical (unpaired) electrons. The first-order chi connectivity index (χ1) is 13.2. The number of hydrogen-bond acceptors (Lipinski definition) is 6. The standard InChI is InChI=1S/C21H30N2O4/c1-25-19-10-6-7-11-20(19)27-16-18(24)14-22-12-13-23-15-21(26-2)17-8-4-3-5-9-17/h3-11,18,21-24H,12-16H2,1-2H3. The van der Waals surface area contributed by atoms with Crippen LogP contribution in [0.5, 0.6) is 11.5 Å². The second-order valence-electron chi connectivity index (χ2n) is 6.16. The number of aliphatic hydroxyl groups excluding tert-OH is 1. The first-order valence-corrected chi connectivity index (χ1v) is 9.17. The lowest BCUT2D eigenvalue weighted by Gasteiger charge is -2.17. The van der Waals surface area contributed by atoms with Gasteiger partial charge in [0.2, 0.25) is 0 Å². The van der Waals surface area contributed by atoms with Crippen molar-refractivity contribution in [2.24, 2.45) is 0 Å². The van der Waals surface area contributed by atoms with Gasteiger partial charge >= 0.3 is 0 Å². The van der Waals surface area contributed by atoms with Gasteiger partial charge in [0, 0.05) is 33.3 Å². The molecule has 0 bridgehead atoms. The molecule has 2 aromatic carbocycles. The number of methoxy groups -OCH3 is 2. The first-order valence-electron chi connectivity index (χ1n) is 9.17. The van der Waals surface area contributed by atoms with Crippen molar-refractivity contribution in [3.05, 3.63) is 60.2 Å². The van der Waals surface area contributed by atoms with E-state index in [0.29, 0.717) is 18.0 Å². The van der Waals surface area contributed by atoms with Crippen LogP contribution in [-0.2, 0) is 4.74 Å². The predicted octanol–water partition coefficient (Wildman–Crippen LogP) is 2.00. The smallest absolute Gasteiger partial charge is 0.161 e. The maximum absolute atomic E-state index is 10.0. The lowest BCUT2D eigenvalue weighted by Crippen LogP contribution is -2.36. The summed E-state index contributed by atoms with van der Waals surface area (Å²) in [6, 6.07) is 17.5. The molecule has 6 heteroatoms. The van der Waals surface area contributed by atoms with Crippen molar-refractivity contribution in [3.8, 4) is 11.5 Å². The minimum atomic E-state index is -0.592. The Morgan fingerprint density at radius 2 is 1.48 bits per heavy atom. The van der Waals surface area contributed by atoms with E-state index in [0.717, 1.165) is 25.2 Å². The van der Waals surface area contributed by atoms with Crippen molar-refractivity contribution in [2.45, 2.75) is 12.2 Å². The molecule has 0 aliphatic carbocycles. The molecule has 0 aliphatic heterocycles. The van der Waals surface area contributed by atoms with Gasteiger partial charge in [-0.2, -0.15) is 0 Å². The Bertz CT molecular complexity index is 639. The van der Waals surface area contributed by atoms with Crippen LogP contribution >= 0.6 is 0 Å². The third-order valence-electron chi connectivity index (χ3n) is 4.14. The Hall–Kier alpha value is -2.12. The van der Waals surface area contributed by atoms with Crippen molar-refractivity contribution in [1.29, 1.82) is 0 Å². The Labute approximate surface area is 161 Å². The molecule has 6 nitrogen and oxygen atoms in total. The molecular formula is C21H30N2O4. The first kappa shape index (κ1) is 21.2. The average Bonchev–Trinajstić information content (AvgIpc) is 2.72. The maximum Gasteiger partial charge on any atom is 0.161 e. The monoisotopic (exact) mass is 374 g/mol. The fraction of sp³-hybridized carbons (Fsp3) is 0.429. The van der Waals surface area contributed by atoms with Crippen LogP contribution in [-0.4, -0.2) is 58.2 Å². The highest BCUT2D eigenvalue weighted by atomic mass is 16.5. The normalized spacial score (nSPS) is 13.1. The molecule has 0 amide bonds. The van der Waals surface area contributed by atoms with E-state index in [1.807, 2.05) is 42.5 Å². The molecule has 2 unspecified atom stereocenters. The summed E-state index contributed by atoms with van der Waals surface area (Å²) in [6.07, 6.45) is -0.558. The molecule has 0 heterocycles. The summed E-state index contributed by atoms with van der Waals surface area (Å²) in [4.78, 5) is 0. The molecule has 0 spiro atoms. The van der Waals surface area contributed by atoms with Crippen molar-refractivity contribution < 1.29 is 19.3 Å². The Kier molecular flexibility index (Phi) is 9.65. The van der Waals surface area contributed by atoms with Crippen LogP contribution in [0.2, 0.25) is 0 Å². The number of aliphatic hydroxyl groups is 1. The molecule has 2 aromatic rings. The summed E-state index contributed by atoms with van der Waals surface area (Å²) >= 11 is 0. The van der Waals surface area contributed by atoms with E-state index in [1.165, 1.54) is 0 Å². The Balaban J connectivity index is 1.57. The number of para-hydroxylation sites is 2. The largest absolute Gasteiger partial charge is 0.493 e. The molecule has 2 rings (SSSR count). The molecule has 3 N–H and O–H groups in total. The van der Waals surface area contributed by atoms with E-state index in [1.54, 1.807) is 14.2 Å². The van der Waals surface area contributed by atoms with Gasteiger partial charge in [-0.05, 0) is 17.7 Å². The van der Waals surface area contributed by atoms with Gasteiger partial charge in [-0.25, -0.2) is 0 Å². The Morgan fingerprint density at radius 3 is 2.15 bits per heavy atom. The zero-order valence-electron chi connectivity index (χ0n) is 16.1. The number of benzene rings is 2. The lowest BCUT2D eigenvalue weighted by atomic mass is 10.1. The minimum Gasteiger partial charge on any atom is -0.493 e. The molecule has 2 atom stereocenters. The molecule has 27 heavy (non-hydrogen) atoms. The van der Waals surface area contributed by atoms with Crippen LogP contribution in [0.3, 0.4) is 0 Å². The summed E-state index contributed by atoms with van der Waals surface area (Å²) in [7, 11) is 3.31. The van der Waals surface area contributed by atoms with Crippen LogP contribution in [0, 0.1) is 0 Å². The third-order valence-corrected chi connectivity index (χ3v) is 4.14. The fourth-order valence-corrected chi connectivity index (χ4v) is 2.67. The van der Waals surface area contributed by atoms with Gasteiger partial charge in [-0.15, -0.1) is 0 Å². The van der Waals surface area contributed by atoms with E-state index >= 15 is 0 Å². The predicted molar refractivity (Wildman–Crippen MR) is 106 cm³/mol. The summed E-state index contributed by atoms with van der Waals surface area (Å²) < 4.78 is 16.4. The zero-order chi connectivity index (χ0) is 19.3.